The molecule has 1 amide bonds. The highest BCUT2D eigenvalue weighted by molar-refractivity contribution is 5.91. The van der Waals surface area contributed by atoms with Gasteiger partial charge < -0.3 is 30.0 Å². The fraction of sp³-hybridized carbons (Fsp3) is 0.588. The van der Waals surface area contributed by atoms with Crippen LogP contribution in [0.15, 0.2) is 36.4 Å². The van der Waals surface area contributed by atoms with Crippen molar-refractivity contribution in [3.05, 3.63) is 47.7 Å². The number of nitrogens with zero attached hydrogens (tertiary/aromatic N) is 1. The van der Waals surface area contributed by atoms with Crippen LogP contribution < -0.4 is 16.0 Å². The second kappa shape index (κ2) is 15.9. The standard InChI is InChI=1S/C34H46N4O7/c1-21-27-15-14-24-13-12-23(17-29(24)38-27)7-6-16-43-20-44-19-31(40)45-32(25-8-3-4-9-25)34(42)36-22(2)30(39)18-26-10-5-11-28(37-26)33(41)35-21/h6-7,12-15,17,21-22,25-26,28,32-33,35,37,41H,3-5,8-11,16,18-20H2,1-2H3,(H,36,42)/b7-6+/t21-,22+,26?,28?,32?,33?/m1/s1. The zero-order chi connectivity index (χ0) is 31.8. The number of benzene rings is 1. The number of aliphatic hydroxyl groups excluding tert-OH is 1. The van der Waals surface area contributed by atoms with Crippen molar-refractivity contribution in [1.82, 2.24) is 20.9 Å². The number of aliphatic hydroxyl groups is 1. The van der Waals surface area contributed by atoms with Crippen LogP contribution in [-0.2, 0) is 28.6 Å². The van der Waals surface area contributed by atoms with Crippen LogP contribution in [0, 0.1) is 5.92 Å². The Balaban J connectivity index is 1.31. The predicted molar refractivity (Wildman–Crippen MR) is 169 cm³/mol. The molecule has 0 radical (unpaired) electrons. The zero-order valence-corrected chi connectivity index (χ0v) is 26.2. The number of carbonyl (C=O) groups is 3. The van der Waals surface area contributed by atoms with Gasteiger partial charge in [0.15, 0.2) is 11.9 Å². The van der Waals surface area contributed by atoms with E-state index in [1.54, 1.807) is 6.92 Å². The lowest BCUT2D eigenvalue weighted by Crippen LogP contribution is -2.55. The minimum atomic E-state index is -0.979. The van der Waals surface area contributed by atoms with E-state index in [-0.39, 0.29) is 56.3 Å². The van der Waals surface area contributed by atoms with E-state index >= 15 is 0 Å². The number of ketones is 1. The van der Waals surface area contributed by atoms with Gasteiger partial charge in [0.1, 0.15) is 19.6 Å². The maximum Gasteiger partial charge on any atom is 0.332 e. The van der Waals surface area contributed by atoms with Gasteiger partial charge in [-0.3, -0.25) is 19.9 Å². The van der Waals surface area contributed by atoms with E-state index in [2.05, 4.69) is 16.0 Å². The van der Waals surface area contributed by atoms with E-state index in [0.717, 1.165) is 67.1 Å². The van der Waals surface area contributed by atoms with Crippen LogP contribution in [0.1, 0.15) is 82.5 Å². The Morgan fingerprint density at radius 3 is 2.53 bits per heavy atom. The van der Waals surface area contributed by atoms with Crippen LogP contribution in [0.3, 0.4) is 0 Å². The van der Waals surface area contributed by atoms with Gasteiger partial charge in [0, 0.05) is 35.9 Å². The number of pyridine rings is 1. The Labute approximate surface area is 264 Å². The topological polar surface area (TPSA) is 148 Å². The number of hydrogen-bond acceptors (Lipinski definition) is 10. The molecular formula is C34H46N4O7. The van der Waals surface area contributed by atoms with Crippen molar-refractivity contribution in [3.63, 3.8) is 0 Å². The number of carbonyl (C=O) groups excluding carboxylic acids is 3. The molecule has 4 unspecified atom stereocenters. The van der Waals surface area contributed by atoms with E-state index in [1.807, 2.05) is 49.4 Å². The maximum absolute atomic E-state index is 13.3. The van der Waals surface area contributed by atoms with Crippen molar-refractivity contribution in [2.24, 2.45) is 5.92 Å². The van der Waals surface area contributed by atoms with Crippen molar-refractivity contribution in [2.75, 3.05) is 20.0 Å². The summed E-state index contributed by atoms with van der Waals surface area (Å²) in [7, 11) is 0. The van der Waals surface area contributed by atoms with Crippen LogP contribution in [-0.4, -0.2) is 78.2 Å². The second-order valence-electron chi connectivity index (χ2n) is 12.5. The Bertz CT molecular complexity index is 1360. The van der Waals surface area contributed by atoms with Crippen LogP contribution in [0.25, 0.3) is 17.0 Å². The molecule has 0 spiro atoms. The summed E-state index contributed by atoms with van der Waals surface area (Å²) in [6, 6.07) is 8.66. The first-order valence-electron chi connectivity index (χ1n) is 16.2. The minimum Gasteiger partial charge on any atom is -0.450 e. The van der Waals surface area contributed by atoms with Gasteiger partial charge in [-0.1, -0.05) is 49.6 Å². The molecule has 1 aromatic heterocycles. The number of fused-ring (bicyclic) bond motifs is 4. The third kappa shape index (κ3) is 9.17. The largest absolute Gasteiger partial charge is 0.450 e. The molecule has 45 heavy (non-hydrogen) atoms. The first kappa shape index (κ1) is 33.2. The van der Waals surface area contributed by atoms with Gasteiger partial charge in [-0.25, -0.2) is 4.79 Å². The van der Waals surface area contributed by atoms with Crippen molar-refractivity contribution < 1.29 is 33.7 Å². The molecule has 2 fully saturated rings. The lowest BCUT2D eigenvalue weighted by molar-refractivity contribution is -0.167. The Morgan fingerprint density at radius 2 is 1.71 bits per heavy atom. The molecule has 5 bridgehead atoms. The highest BCUT2D eigenvalue weighted by atomic mass is 16.7. The van der Waals surface area contributed by atoms with E-state index < -0.39 is 30.3 Å². The number of nitrogens with one attached hydrogen (secondary N) is 3. The number of piperidine rings is 1. The Morgan fingerprint density at radius 1 is 0.911 bits per heavy atom. The molecule has 1 aliphatic carbocycles. The van der Waals surface area contributed by atoms with Gasteiger partial charge in [0.05, 0.1) is 23.9 Å². The van der Waals surface area contributed by atoms with Crippen molar-refractivity contribution >= 4 is 34.6 Å². The van der Waals surface area contributed by atoms with Gasteiger partial charge in [0.25, 0.3) is 5.91 Å². The molecule has 6 atom stereocenters. The quantitative estimate of drug-likeness (QED) is 0.349. The second-order valence-corrected chi connectivity index (χ2v) is 12.5. The summed E-state index contributed by atoms with van der Waals surface area (Å²) in [4.78, 5) is 43.9. The molecule has 1 aromatic carbocycles. The molecule has 244 valence electrons. The molecule has 1 saturated heterocycles. The fourth-order valence-corrected chi connectivity index (χ4v) is 6.50. The number of esters is 1. The summed E-state index contributed by atoms with van der Waals surface area (Å²) in [5, 5.41) is 21.7. The molecule has 3 heterocycles. The number of aromatic nitrogens is 1. The number of ether oxygens (including phenoxy) is 3. The average molecular weight is 623 g/mol. The van der Waals surface area contributed by atoms with Gasteiger partial charge in [-0.2, -0.15) is 0 Å². The van der Waals surface area contributed by atoms with E-state index in [0.29, 0.717) is 0 Å². The lowest BCUT2D eigenvalue weighted by atomic mass is 9.92. The van der Waals surface area contributed by atoms with E-state index in [9.17, 15) is 19.5 Å². The first-order valence-corrected chi connectivity index (χ1v) is 16.2. The van der Waals surface area contributed by atoms with Crippen LogP contribution in [0.2, 0.25) is 0 Å². The SMILES string of the molecule is C[C@@H]1NC(=O)C(C2CCCC2)OC(=O)COCOC/C=C/c2ccc3ccc(nc3c2)[C@@H](C)NC(O)C2CCCC(CC1=O)N2. The summed E-state index contributed by atoms with van der Waals surface area (Å²) in [6.45, 7) is 3.45. The highest BCUT2D eigenvalue weighted by Crippen LogP contribution is 2.30. The number of cyclic esters (lactones) is 1. The van der Waals surface area contributed by atoms with E-state index in [1.165, 1.54) is 0 Å². The van der Waals surface area contributed by atoms with Gasteiger partial charge in [0.2, 0.25) is 0 Å². The smallest absolute Gasteiger partial charge is 0.332 e. The Hall–Kier alpha value is -3.22. The monoisotopic (exact) mass is 622 g/mol. The molecule has 4 N–H and O–H groups in total. The minimum absolute atomic E-state index is 0.0994. The van der Waals surface area contributed by atoms with Crippen LogP contribution in [0.5, 0.6) is 0 Å². The third-order valence-electron chi connectivity index (χ3n) is 9.05. The number of hydrogen-bond donors (Lipinski definition) is 4. The molecule has 3 aliphatic rings. The lowest BCUT2D eigenvalue weighted by Gasteiger charge is -2.35. The first-order chi connectivity index (χ1) is 21.8. The summed E-state index contributed by atoms with van der Waals surface area (Å²) in [6.07, 6.45) is 8.07. The predicted octanol–water partition coefficient (Wildman–Crippen LogP) is 3.30. The van der Waals surface area contributed by atoms with Crippen LogP contribution in [0.4, 0.5) is 0 Å². The van der Waals surface area contributed by atoms with Gasteiger partial charge in [-0.05, 0) is 57.2 Å². The number of rotatable bonds is 1. The van der Waals surface area contributed by atoms with Crippen LogP contribution >= 0.6 is 0 Å². The highest BCUT2D eigenvalue weighted by Gasteiger charge is 2.36. The molecule has 5 rings (SSSR count). The summed E-state index contributed by atoms with van der Waals surface area (Å²) >= 11 is 0. The molecule has 1 saturated carbocycles. The molecule has 11 heteroatoms. The van der Waals surface area contributed by atoms with Crippen molar-refractivity contribution in [3.8, 4) is 0 Å². The van der Waals surface area contributed by atoms with E-state index in [4.69, 9.17) is 19.2 Å². The third-order valence-corrected chi connectivity index (χ3v) is 9.05. The molecule has 2 aliphatic heterocycles. The zero-order valence-electron chi connectivity index (χ0n) is 26.2. The Kier molecular flexibility index (Phi) is 11.7. The fourth-order valence-electron chi connectivity index (χ4n) is 6.50. The summed E-state index contributed by atoms with van der Waals surface area (Å²) in [5.74, 6) is -1.33. The summed E-state index contributed by atoms with van der Waals surface area (Å²) < 4.78 is 16.4. The van der Waals surface area contributed by atoms with Gasteiger partial charge in [-0.15, -0.1) is 0 Å². The molecular weight excluding hydrogens is 576 g/mol. The van der Waals surface area contributed by atoms with Crippen molar-refractivity contribution in [2.45, 2.75) is 102 Å². The average Bonchev–Trinajstić information content (AvgIpc) is 3.57. The normalized spacial score (nSPS) is 31.1. The summed E-state index contributed by atoms with van der Waals surface area (Å²) in [5.41, 5.74) is 2.61. The molecule has 11 nitrogen and oxygen atoms in total. The van der Waals surface area contributed by atoms with Gasteiger partial charge >= 0.3 is 5.97 Å². The number of amides is 1. The number of Topliss-reactive ketones (excluding diaryl/α,β-unsaturated/α-hetero) is 1. The van der Waals surface area contributed by atoms with Crippen molar-refractivity contribution in [1.29, 1.82) is 0 Å². The molecule has 2 aromatic rings. The maximum atomic E-state index is 13.3.